The van der Waals surface area contributed by atoms with Gasteiger partial charge in [-0.3, -0.25) is 0 Å². The number of nitrogens with zero attached hydrogens (tertiary/aromatic N) is 1. The van der Waals surface area contributed by atoms with Crippen LogP contribution >= 0.6 is 0 Å². The molecule has 0 radical (unpaired) electrons. The van der Waals surface area contributed by atoms with E-state index in [-0.39, 0.29) is 10.8 Å². The van der Waals surface area contributed by atoms with Crippen LogP contribution in [-0.2, 0) is 32.5 Å². The number of rotatable bonds is 18. The van der Waals surface area contributed by atoms with Crippen molar-refractivity contribution >= 4 is 82.9 Å². The molecule has 3 heterocycles. The van der Waals surface area contributed by atoms with Gasteiger partial charge in [-0.2, -0.15) is 0 Å². The highest BCUT2D eigenvalue weighted by atomic mass is 16.3. The summed E-state index contributed by atoms with van der Waals surface area (Å²) in [6.07, 6.45) is 15.3. The summed E-state index contributed by atoms with van der Waals surface area (Å²) < 4.78 is 21.6. The Labute approximate surface area is 841 Å². The molecule has 4 nitrogen and oxygen atoms in total. The van der Waals surface area contributed by atoms with Gasteiger partial charge >= 0.3 is 0 Å². The van der Waals surface area contributed by atoms with Crippen LogP contribution in [0.5, 0.6) is 0 Å². The van der Waals surface area contributed by atoms with Crippen molar-refractivity contribution in [3.63, 3.8) is 0 Å². The van der Waals surface area contributed by atoms with E-state index >= 15 is 0 Å². The van der Waals surface area contributed by atoms with Crippen LogP contribution in [0, 0.1) is 0 Å². The Morgan fingerprint density at radius 1 is 0.201 bits per heavy atom. The molecule has 8 aliphatic carbocycles. The van der Waals surface area contributed by atoms with Crippen molar-refractivity contribution in [2.75, 3.05) is 4.90 Å². The van der Waals surface area contributed by atoms with Crippen LogP contribution in [-0.4, -0.2) is 0 Å². The average Bonchev–Trinajstić information content (AvgIpc) is 1.48. The van der Waals surface area contributed by atoms with Crippen molar-refractivity contribution in [3.8, 4) is 122 Å². The zero-order chi connectivity index (χ0) is 95.9. The van der Waals surface area contributed by atoms with Gasteiger partial charge < -0.3 is 18.2 Å². The predicted molar refractivity (Wildman–Crippen MR) is 598 cm³/mol. The van der Waals surface area contributed by atoms with Crippen LogP contribution in [0.3, 0.4) is 0 Å². The third-order valence-corrected chi connectivity index (χ3v) is 36.2. The zero-order valence-corrected chi connectivity index (χ0v) is 82.9. The second-order valence-electron chi connectivity index (χ2n) is 44.4. The van der Waals surface area contributed by atoms with E-state index in [1.54, 1.807) is 11.1 Å². The Balaban J connectivity index is 0.594. The normalized spacial score (nSPS) is 15.5. The lowest BCUT2D eigenvalue weighted by Gasteiger charge is -2.33. The Morgan fingerprint density at radius 2 is 0.542 bits per heavy atom. The van der Waals surface area contributed by atoms with Crippen molar-refractivity contribution in [1.82, 2.24) is 0 Å². The molecule has 3 aromatic heterocycles. The molecule has 4 heteroatoms. The first-order chi connectivity index (χ1) is 70.6. The smallest absolute Gasteiger partial charge is 0.143 e. The molecule has 0 aliphatic heterocycles. The van der Waals surface area contributed by atoms with E-state index in [9.17, 15) is 0 Å². The highest BCUT2D eigenvalue weighted by Crippen LogP contribution is 2.71. The zero-order valence-electron chi connectivity index (χ0n) is 82.9. The van der Waals surface area contributed by atoms with Gasteiger partial charge in [0.25, 0.3) is 0 Å². The largest absolute Gasteiger partial charge is 0.456 e. The Kier molecular flexibility index (Phi) is 17.8. The van der Waals surface area contributed by atoms with Gasteiger partial charge in [0, 0.05) is 82.2 Å². The molecule has 19 aromatic carbocycles. The molecule has 0 bridgehead atoms. The summed E-state index contributed by atoms with van der Waals surface area (Å²) in [5, 5.41) is 6.87. The number of benzene rings is 19. The van der Waals surface area contributed by atoms with Crippen LogP contribution < -0.4 is 4.90 Å². The molecule has 30 rings (SSSR count). The number of para-hydroxylation sites is 3. The minimum absolute atomic E-state index is 0.000617. The molecule has 0 saturated heterocycles. The standard InChI is InChI=1S/C140H109NO3/c1-9-11-13-15-36-70-138(71-37-16-14-12-10-2)107-48-28-20-40-89(107)96-63-57-84(73-117(96)138)83-56-62-94-95-64-58-85(74-114(95)135(3,4)113(94)72-83)104-79-122-128(132-102-47-27-35-55-125(102)144-134(104)132)99-67-61-87(76-116(99)137(122,7)8)141(86-60-66-98-115(75-86)136(5,6)121-78-103(82-38-18-17-19-39-82)133-131(127(98)121)101-46-26-34-54-124(101)143-133)88-59-65-97-105-80-120-106(81-119(105)140(118(97)77-88)110-51-31-23-43-92(110)93-44-24-32-52-111(93)140)129-112(68-69-126-130(129)100-45-25-33-53-123(100)142-126)139(120)108-49-29-21-41-90(108)91-42-22-30-50-109(91)139/h17-35,38-69,72-81H,9-16,36-37,70-71H2,1-8H3. The van der Waals surface area contributed by atoms with Crippen molar-refractivity contribution in [3.05, 3.63) is 459 Å². The van der Waals surface area contributed by atoms with E-state index in [0.717, 1.165) is 105 Å². The fraction of sp³-hybridized carbons (Fsp3) is 0.186. The van der Waals surface area contributed by atoms with E-state index in [1.165, 1.54) is 255 Å². The quantitative estimate of drug-likeness (QED) is 0.0803. The Bertz CT molecular complexity index is 9260. The lowest BCUT2D eigenvalue weighted by molar-refractivity contribution is 0.399. The minimum atomic E-state index is -0.773. The van der Waals surface area contributed by atoms with Crippen molar-refractivity contribution in [1.29, 1.82) is 0 Å². The molecule has 2 spiro atoms. The van der Waals surface area contributed by atoms with E-state index in [0.29, 0.717) is 0 Å². The Hall–Kier alpha value is -15.6. The summed E-state index contributed by atoms with van der Waals surface area (Å²) in [4.78, 5) is 2.63. The topological polar surface area (TPSA) is 42.7 Å². The molecule has 144 heavy (non-hydrogen) atoms. The first-order valence-electron chi connectivity index (χ1n) is 52.9. The van der Waals surface area contributed by atoms with E-state index < -0.39 is 21.7 Å². The van der Waals surface area contributed by atoms with Crippen molar-refractivity contribution in [2.45, 2.75) is 165 Å². The fourth-order valence-electron chi connectivity index (χ4n) is 29.6. The molecule has 0 amide bonds. The van der Waals surface area contributed by atoms with Crippen LogP contribution in [0.25, 0.3) is 188 Å². The SMILES string of the molecule is CCCCCCCC1(CCCCCCC)c2ccccc2-c2ccc(-c3ccc4c(c3)C(C)(C)c3cc(-c5cc6c(c7c5oc5ccccc57)-c5ccc(N(c7ccc8c(c7)C(C)(C)c7cc(-c9ccccc9)c9oc%10ccccc%10c9c7-8)c7ccc8c(c7)C7(c9ccccc9-c9ccccc97)c7cc9c(cc7-8)C7(c8ccccc8-c8ccccc87)c7ccc8oc%10ccccc%10c8c7-9)cc5C6(C)C)ccc3-4)cc21. The molecular weight excluding hydrogens is 1740 g/mol. The number of hydrogen-bond acceptors (Lipinski definition) is 4. The number of fused-ring (bicyclic) bond motifs is 44. The molecule has 0 atom stereocenters. The molecule has 0 fully saturated rings. The molecule has 0 unspecified atom stereocenters. The summed E-state index contributed by atoms with van der Waals surface area (Å²) in [5.41, 5.74) is 54.9. The van der Waals surface area contributed by atoms with E-state index in [1.807, 2.05) is 0 Å². The van der Waals surface area contributed by atoms with Gasteiger partial charge in [-0.25, -0.2) is 0 Å². The van der Waals surface area contributed by atoms with Crippen molar-refractivity contribution in [2.24, 2.45) is 0 Å². The molecule has 692 valence electrons. The van der Waals surface area contributed by atoms with Gasteiger partial charge in [-0.05, 0) is 316 Å². The Morgan fingerprint density at radius 3 is 1.06 bits per heavy atom. The van der Waals surface area contributed by atoms with Crippen LogP contribution in [0.4, 0.5) is 17.1 Å². The van der Waals surface area contributed by atoms with Crippen LogP contribution in [0.2, 0.25) is 0 Å². The summed E-state index contributed by atoms with van der Waals surface area (Å²) in [6.45, 7) is 19.5. The average molecular weight is 1850 g/mol. The highest BCUT2D eigenvalue weighted by molar-refractivity contribution is 6.22. The number of anilines is 3. The number of furan rings is 3. The molecule has 0 saturated carbocycles. The summed E-state index contributed by atoms with van der Waals surface area (Å²) in [5.74, 6) is 0. The van der Waals surface area contributed by atoms with Crippen molar-refractivity contribution < 1.29 is 13.3 Å². The van der Waals surface area contributed by atoms with Gasteiger partial charge in [-0.1, -0.05) is 387 Å². The first-order valence-corrected chi connectivity index (χ1v) is 52.9. The third-order valence-electron chi connectivity index (χ3n) is 36.2. The maximum absolute atomic E-state index is 7.45. The van der Waals surface area contributed by atoms with E-state index in [2.05, 4.69) is 430 Å². The summed E-state index contributed by atoms with van der Waals surface area (Å²) in [7, 11) is 0. The first kappa shape index (κ1) is 84.1. The van der Waals surface area contributed by atoms with Gasteiger partial charge in [-0.15, -0.1) is 0 Å². The summed E-state index contributed by atoms with van der Waals surface area (Å²) >= 11 is 0. The molecule has 8 aliphatic rings. The number of hydrogen-bond donors (Lipinski definition) is 0. The number of unbranched alkanes of at least 4 members (excludes halogenated alkanes) is 8. The predicted octanol–water partition coefficient (Wildman–Crippen LogP) is 38.4. The maximum Gasteiger partial charge on any atom is 0.143 e. The third kappa shape index (κ3) is 11.1. The van der Waals surface area contributed by atoms with Gasteiger partial charge in [0.1, 0.15) is 33.5 Å². The van der Waals surface area contributed by atoms with Crippen LogP contribution in [0.15, 0.2) is 383 Å². The van der Waals surface area contributed by atoms with Gasteiger partial charge in [0.15, 0.2) is 0 Å². The van der Waals surface area contributed by atoms with Gasteiger partial charge in [0.2, 0.25) is 0 Å². The molecule has 0 N–H and O–H groups in total. The second-order valence-corrected chi connectivity index (χ2v) is 44.4. The lowest BCUT2D eigenvalue weighted by atomic mass is 9.68. The maximum atomic E-state index is 7.45. The minimum Gasteiger partial charge on any atom is -0.456 e. The fourth-order valence-corrected chi connectivity index (χ4v) is 29.6. The van der Waals surface area contributed by atoms with Gasteiger partial charge in [0.05, 0.1) is 10.8 Å². The van der Waals surface area contributed by atoms with Crippen LogP contribution in [0.1, 0.15) is 221 Å². The second kappa shape index (κ2) is 30.5. The van der Waals surface area contributed by atoms with E-state index in [4.69, 9.17) is 13.3 Å². The molecular formula is C140H109NO3. The summed E-state index contributed by atoms with van der Waals surface area (Å²) in [6, 6.07) is 144. The highest BCUT2D eigenvalue weighted by Gasteiger charge is 2.58. The molecule has 22 aromatic rings. The lowest BCUT2D eigenvalue weighted by Crippen LogP contribution is -2.27. The monoisotopic (exact) mass is 1850 g/mol.